The number of allylic oxidation sites excluding steroid dienone is 1. The van der Waals surface area contributed by atoms with Crippen molar-refractivity contribution in [3.63, 3.8) is 0 Å². The molecule has 0 saturated heterocycles. The van der Waals surface area contributed by atoms with Gasteiger partial charge in [-0.2, -0.15) is 0 Å². The van der Waals surface area contributed by atoms with Crippen molar-refractivity contribution >= 4 is 0 Å². The minimum absolute atomic E-state index is 0.281. The summed E-state index contributed by atoms with van der Waals surface area (Å²) in [7, 11) is 0. The van der Waals surface area contributed by atoms with Crippen molar-refractivity contribution in [2.45, 2.75) is 228 Å². The molecule has 5 aliphatic rings. The molecule has 5 aliphatic carbocycles. The van der Waals surface area contributed by atoms with Crippen LogP contribution in [0.1, 0.15) is 222 Å². The highest BCUT2D eigenvalue weighted by molar-refractivity contribution is 5.21. The van der Waals surface area contributed by atoms with Crippen LogP contribution in [0.3, 0.4) is 0 Å². The van der Waals surface area contributed by atoms with E-state index >= 15 is 0 Å². The summed E-state index contributed by atoms with van der Waals surface area (Å²) in [6.07, 6.45) is 37.6. The Hall–Kier alpha value is -0.300. The van der Waals surface area contributed by atoms with Crippen LogP contribution in [0.15, 0.2) is 12.2 Å². The van der Waals surface area contributed by atoms with Crippen molar-refractivity contribution in [3.8, 4) is 0 Å². The molecule has 0 N–H and O–H groups in total. The molecule has 0 aromatic carbocycles. The van der Waals surface area contributed by atoms with Gasteiger partial charge in [0, 0.05) is 6.61 Å². The first-order chi connectivity index (χ1) is 23.3. The van der Waals surface area contributed by atoms with Gasteiger partial charge in [-0.25, -0.2) is 0 Å². The first kappa shape index (κ1) is 39.9. The fraction of sp³-hybridized carbons (Fsp3) is 0.958. The van der Waals surface area contributed by atoms with Crippen LogP contribution in [0, 0.1) is 56.7 Å². The van der Waals surface area contributed by atoms with Gasteiger partial charge in [-0.15, -0.1) is 0 Å². The molecule has 0 aliphatic heterocycles. The van der Waals surface area contributed by atoms with E-state index < -0.39 is 0 Å². The number of hydrogen-bond acceptors (Lipinski definition) is 1. The van der Waals surface area contributed by atoms with Gasteiger partial charge in [-0.3, -0.25) is 0 Å². The topological polar surface area (TPSA) is 9.23 Å². The molecule has 1 nitrogen and oxygen atoms in total. The molecule has 0 amide bonds. The highest BCUT2D eigenvalue weighted by Crippen LogP contribution is 2.77. The van der Waals surface area contributed by atoms with Crippen LogP contribution in [0.2, 0.25) is 0 Å². The smallest absolute Gasteiger partial charge is 0.0629 e. The lowest BCUT2D eigenvalue weighted by Gasteiger charge is -2.73. The van der Waals surface area contributed by atoms with E-state index in [-0.39, 0.29) is 5.41 Å². The Balaban J connectivity index is 1.04. The van der Waals surface area contributed by atoms with Crippen molar-refractivity contribution in [1.29, 1.82) is 0 Å². The van der Waals surface area contributed by atoms with Gasteiger partial charge in [0.25, 0.3) is 0 Å². The van der Waals surface area contributed by atoms with Gasteiger partial charge in [0.05, 0.1) is 6.10 Å². The minimum atomic E-state index is 0.281. The van der Waals surface area contributed by atoms with Gasteiger partial charge >= 0.3 is 0 Å². The zero-order valence-corrected chi connectivity index (χ0v) is 34.7. The largest absolute Gasteiger partial charge is 0.378 e. The molecular formula is C48H86O. The second-order valence-corrected chi connectivity index (χ2v) is 20.9. The van der Waals surface area contributed by atoms with Crippen LogP contribution < -0.4 is 0 Å². The Bertz CT molecular complexity index is 1040. The maximum absolute atomic E-state index is 6.86. The second-order valence-electron chi connectivity index (χ2n) is 20.9. The third kappa shape index (κ3) is 7.98. The molecule has 0 spiro atoms. The molecule has 10 atom stereocenters. The summed E-state index contributed by atoms with van der Waals surface area (Å²) in [5, 5.41) is 0. The van der Waals surface area contributed by atoms with E-state index in [9.17, 15) is 0 Å². The predicted octanol–water partition coefficient (Wildman–Crippen LogP) is 15.3. The van der Waals surface area contributed by atoms with Crippen LogP contribution in [0.5, 0.6) is 0 Å². The Morgan fingerprint density at radius 2 is 1.14 bits per heavy atom. The molecular weight excluding hydrogens is 593 g/mol. The van der Waals surface area contributed by atoms with Crippen LogP contribution in [-0.4, -0.2) is 12.7 Å². The zero-order valence-electron chi connectivity index (χ0n) is 34.7. The molecule has 5 saturated carbocycles. The Morgan fingerprint density at radius 3 is 1.71 bits per heavy atom. The van der Waals surface area contributed by atoms with E-state index in [0.717, 1.165) is 36.2 Å². The number of hydrogen-bond donors (Lipinski definition) is 0. The predicted molar refractivity (Wildman–Crippen MR) is 214 cm³/mol. The average Bonchev–Trinajstić information content (AvgIpc) is 3.41. The zero-order chi connectivity index (χ0) is 35.3. The molecule has 5 fully saturated rings. The van der Waals surface area contributed by atoms with Crippen LogP contribution >= 0.6 is 0 Å². The quantitative estimate of drug-likeness (QED) is 0.0976. The van der Waals surface area contributed by atoms with Crippen LogP contribution in [0.25, 0.3) is 0 Å². The third-order valence-electron chi connectivity index (χ3n) is 17.7. The molecule has 10 unspecified atom stereocenters. The summed E-state index contributed by atoms with van der Waals surface area (Å²) in [6, 6.07) is 0. The first-order valence-electron chi connectivity index (χ1n) is 22.6. The van der Waals surface area contributed by atoms with Gasteiger partial charge in [-0.05, 0) is 134 Å². The van der Waals surface area contributed by atoms with Crippen LogP contribution in [0.4, 0.5) is 0 Å². The normalized spacial score (nSPS) is 41.1. The minimum Gasteiger partial charge on any atom is -0.378 e. The lowest BCUT2D eigenvalue weighted by atomic mass is 9.32. The van der Waals surface area contributed by atoms with Crippen molar-refractivity contribution in [1.82, 2.24) is 0 Å². The number of rotatable bonds is 19. The lowest BCUT2D eigenvalue weighted by Crippen LogP contribution is -2.66. The standard InChI is InChI=1S/C48H86O/c1-10-11-12-13-14-15-16-17-18-19-20-21-22-23-24-25-36-49-42-30-32-46(7)40(44(42,4)5)29-33-48(9)41(46)27-26-39-43-38(37(2)3)28-31-45(43,6)34-35-47(39,48)8/h38-43H,2,10-36H2,1,3-9H3. The molecule has 49 heavy (non-hydrogen) atoms. The van der Waals surface area contributed by atoms with Gasteiger partial charge < -0.3 is 4.74 Å². The maximum atomic E-state index is 6.86. The summed E-state index contributed by atoms with van der Waals surface area (Å²) >= 11 is 0. The van der Waals surface area contributed by atoms with E-state index in [1.165, 1.54) is 173 Å². The first-order valence-corrected chi connectivity index (χ1v) is 22.6. The van der Waals surface area contributed by atoms with E-state index in [1.807, 2.05) is 0 Å². The highest BCUT2D eigenvalue weighted by atomic mass is 16.5. The van der Waals surface area contributed by atoms with E-state index in [4.69, 9.17) is 4.74 Å². The van der Waals surface area contributed by atoms with Crippen molar-refractivity contribution in [2.75, 3.05) is 6.61 Å². The molecule has 0 bridgehead atoms. The molecule has 0 aromatic rings. The van der Waals surface area contributed by atoms with Crippen molar-refractivity contribution in [2.24, 2.45) is 56.7 Å². The van der Waals surface area contributed by atoms with Gasteiger partial charge in [-0.1, -0.05) is 157 Å². The highest BCUT2D eigenvalue weighted by Gasteiger charge is 2.70. The van der Waals surface area contributed by atoms with E-state index in [2.05, 4.69) is 62.0 Å². The number of unbranched alkanes of at least 4 members (excludes halogenated alkanes) is 15. The number of ether oxygens (including phenoxy) is 1. The molecule has 0 aromatic heterocycles. The van der Waals surface area contributed by atoms with Crippen molar-refractivity contribution in [3.05, 3.63) is 12.2 Å². The lowest BCUT2D eigenvalue weighted by molar-refractivity contribution is -0.250. The number of fused-ring (bicyclic) bond motifs is 7. The molecule has 0 radical (unpaired) electrons. The SMILES string of the molecule is C=C(C)C1CCC2(C)CCC3(C)C(CCC4C5(C)CCC(OCCCCCCCCCCCCCCCCCC)C(C)(C)C5CCC43C)C12. The average molecular weight is 679 g/mol. The van der Waals surface area contributed by atoms with E-state index in [0.29, 0.717) is 27.8 Å². The van der Waals surface area contributed by atoms with Crippen molar-refractivity contribution < 1.29 is 4.74 Å². The summed E-state index contributed by atoms with van der Waals surface area (Å²) in [4.78, 5) is 0. The second kappa shape index (κ2) is 16.8. The summed E-state index contributed by atoms with van der Waals surface area (Å²) in [5.74, 6) is 4.20. The Kier molecular flexibility index (Phi) is 13.7. The fourth-order valence-electron chi connectivity index (χ4n) is 14.6. The molecule has 284 valence electrons. The monoisotopic (exact) mass is 679 g/mol. The summed E-state index contributed by atoms with van der Waals surface area (Å²) in [5.41, 5.74) is 3.74. The third-order valence-corrected chi connectivity index (χ3v) is 17.7. The van der Waals surface area contributed by atoms with Gasteiger partial charge in [0.2, 0.25) is 0 Å². The van der Waals surface area contributed by atoms with Gasteiger partial charge in [0.15, 0.2) is 0 Å². The van der Waals surface area contributed by atoms with E-state index in [1.54, 1.807) is 0 Å². The summed E-state index contributed by atoms with van der Waals surface area (Å²) in [6.45, 7) is 26.5. The molecule has 1 heteroatoms. The fourth-order valence-corrected chi connectivity index (χ4v) is 14.6. The molecule has 5 rings (SSSR count). The van der Waals surface area contributed by atoms with Crippen LogP contribution in [-0.2, 0) is 4.74 Å². The Morgan fingerprint density at radius 1 is 0.571 bits per heavy atom. The maximum Gasteiger partial charge on any atom is 0.0629 e. The Labute approximate surface area is 307 Å². The summed E-state index contributed by atoms with van der Waals surface area (Å²) < 4.78 is 6.86. The van der Waals surface area contributed by atoms with Gasteiger partial charge in [0.1, 0.15) is 0 Å². The molecule has 0 heterocycles.